The molecule has 0 radical (unpaired) electrons. The van der Waals surface area contributed by atoms with Crippen LogP contribution in [0.5, 0.6) is 0 Å². The molecule has 1 aliphatic rings. The van der Waals surface area contributed by atoms with Crippen molar-refractivity contribution in [3.8, 4) is 0 Å². The Bertz CT molecular complexity index is 326. The fourth-order valence-corrected chi connectivity index (χ4v) is 2.13. The van der Waals surface area contributed by atoms with Crippen LogP contribution in [0.3, 0.4) is 0 Å². The minimum Gasteiger partial charge on any atom is -0.302 e. The van der Waals surface area contributed by atoms with Gasteiger partial charge in [-0.1, -0.05) is 43.3 Å². The normalized spacial score (nSPS) is 23.3. The Hall–Kier alpha value is -1.08. The van der Waals surface area contributed by atoms with Gasteiger partial charge in [0.05, 0.1) is 0 Å². The molecule has 1 aromatic carbocycles. The molecular weight excluding hydrogens is 170 g/mol. The summed E-state index contributed by atoms with van der Waals surface area (Å²) in [6.07, 6.45) is 2.35. The predicted octanol–water partition coefficient (Wildman–Crippen LogP) is 2.65. The summed E-state index contributed by atoms with van der Waals surface area (Å²) < 4.78 is 0. The topological polar surface area (TPSA) is 3.24 Å². The van der Waals surface area contributed by atoms with Crippen LogP contribution >= 0.6 is 0 Å². The summed E-state index contributed by atoms with van der Waals surface area (Å²) in [5.41, 5.74) is 2.89. The van der Waals surface area contributed by atoms with E-state index in [1.54, 1.807) is 0 Å². The van der Waals surface area contributed by atoms with Crippen molar-refractivity contribution in [2.24, 2.45) is 5.92 Å². The second kappa shape index (κ2) is 3.97. The zero-order valence-corrected chi connectivity index (χ0v) is 8.90. The zero-order chi connectivity index (χ0) is 9.97. The highest BCUT2D eigenvalue weighted by Crippen LogP contribution is 2.26. The average Bonchev–Trinajstić information content (AvgIpc) is 2.19. The van der Waals surface area contributed by atoms with E-state index in [9.17, 15) is 0 Å². The van der Waals surface area contributed by atoms with Crippen LogP contribution < -0.4 is 0 Å². The minimum atomic E-state index is 0.649. The Balaban J connectivity index is 2.27. The lowest BCUT2D eigenvalue weighted by Crippen LogP contribution is -2.29. The first-order valence-electron chi connectivity index (χ1n) is 5.21. The first-order valence-corrected chi connectivity index (χ1v) is 5.21. The van der Waals surface area contributed by atoms with Crippen LogP contribution in [0.4, 0.5) is 0 Å². The third kappa shape index (κ3) is 1.88. The van der Waals surface area contributed by atoms with E-state index >= 15 is 0 Å². The smallest absolute Gasteiger partial charge is 0.0166 e. The van der Waals surface area contributed by atoms with Gasteiger partial charge in [0, 0.05) is 13.1 Å². The largest absolute Gasteiger partial charge is 0.302 e. The molecule has 0 N–H and O–H groups in total. The first kappa shape index (κ1) is 9.47. The van der Waals surface area contributed by atoms with Gasteiger partial charge in [0.25, 0.3) is 0 Å². The molecule has 0 saturated carbocycles. The third-order valence-corrected chi connectivity index (χ3v) is 2.85. The molecule has 1 heteroatoms. The Morgan fingerprint density at radius 3 is 2.57 bits per heavy atom. The monoisotopic (exact) mass is 187 g/mol. The molecule has 1 aliphatic heterocycles. The summed E-state index contributed by atoms with van der Waals surface area (Å²) in [6.45, 7) is 4.55. The molecule has 0 spiro atoms. The zero-order valence-electron chi connectivity index (χ0n) is 8.90. The Morgan fingerprint density at radius 1 is 1.21 bits per heavy atom. The van der Waals surface area contributed by atoms with Crippen LogP contribution in [-0.2, 0) is 0 Å². The number of rotatable bonds is 1. The minimum absolute atomic E-state index is 0.649. The molecule has 0 amide bonds. The van der Waals surface area contributed by atoms with Crippen LogP contribution in [0.2, 0.25) is 0 Å². The SMILES string of the molecule is C[C@H]1CN(C)CC=C1c1ccccc1. The number of benzene rings is 1. The molecule has 0 unspecified atom stereocenters. The van der Waals surface area contributed by atoms with Crippen molar-refractivity contribution in [2.45, 2.75) is 6.92 Å². The van der Waals surface area contributed by atoms with Crippen molar-refractivity contribution < 1.29 is 0 Å². The molecule has 1 heterocycles. The van der Waals surface area contributed by atoms with Gasteiger partial charge in [0.1, 0.15) is 0 Å². The second-order valence-electron chi connectivity index (χ2n) is 4.15. The van der Waals surface area contributed by atoms with Gasteiger partial charge in [0.2, 0.25) is 0 Å². The first-order chi connectivity index (χ1) is 6.77. The van der Waals surface area contributed by atoms with Crippen molar-refractivity contribution in [3.63, 3.8) is 0 Å². The van der Waals surface area contributed by atoms with Gasteiger partial charge < -0.3 is 4.90 Å². The van der Waals surface area contributed by atoms with Crippen molar-refractivity contribution in [3.05, 3.63) is 42.0 Å². The predicted molar refractivity (Wildman–Crippen MR) is 61.1 cm³/mol. The van der Waals surface area contributed by atoms with Gasteiger partial charge in [-0.2, -0.15) is 0 Å². The molecule has 0 aromatic heterocycles. The van der Waals surface area contributed by atoms with Crippen LogP contribution in [0.15, 0.2) is 36.4 Å². The van der Waals surface area contributed by atoms with Gasteiger partial charge in [-0.05, 0) is 24.1 Å². The Morgan fingerprint density at radius 2 is 1.93 bits per heavy atom. The third-order valence-electron chi connectivity index (χ3n) is 2.85. The summed E-state index contributed by atoms with van der Waals surface area (Å²) in [5.74, 6) is 0.649. The highest BCUT2D eigenvalue weighted by molar-refractivity contribution is 5.68. The molecule has 2 rings (SSSR count). The van der Waals surface area contributed by atoms with E-state index in [1.165, 1.54) is 17.7 Å². The molecule has 74 valence electrons. The second-order valence-corrected chi connectivity index (χ2v) is 4.15. The van der Waals surface area contributed by atoms with Gasteiger partial charge >= 0.3 is 0 Å². The van der Waals surface area contributed by atoms with E-state index in [0.29, 0.717) is 5.92 Å². The van der Waals surface area contributed by atoms with Crippen molar-refractivity contribution in [1.82, 2.24) is 4.90 Å². The Labute approximate surface area is 86.1 Å². The van der Waals surface area contributed by atoms with Gasteiger partial charge in [-0.15, -0.1) is 0 Å². The number of hydrogen-bond acceptors (Lipinski definition) is 1. The highest BCUT2D eigenvalue weighted by Gasteiger charge is 2.16. The van der Waals surface area contributed by atoms with Crippen LogP contribution in [0.1, 0.15) is 12.5 Å². The molecular formula is C13H17N. The van der Waals surface area contributed by atoms with Crippen molar-refractivity contribution >= 4 is 5.57 Å². The van der Waals surface area contributed by atoms with E-state index in [2.05, 4.69) is 55.3 Å². The summed E-state index contributed by atoms with van der Waals surface area (Å²) in [4.78, 5) is 2.36. The molecule has 1 nitrogen and oxygen atoms in total. The lowest BCUT2D eigenvalue weighted by atomic mass is 9.91. The van der Waals surface area contributed by atoms with Gasteiger partial charge in [-0.25, -0.2) is 0 Å². The van der Waals surface area contributed by atoms with Crippen molar-refractivity contribution in [2.75, 3.05) is 20.1 Å². The molecule has 0 aliphatic carbocycles. The van der Waals surface area contributed by atoms with E-state index < -0.39 is 0 Å². The fraction of sp³-hybridized carbons (Fsp3) is 0.385. The molecule has 14 heavy (non-hydrogen) atoms. The summed E-state index contributed by atoms with van der Waals surface area (Å²) in [6, 6.07) is 10.7. The van der Waals surface area contributed by atoms with E-state index in [0.717, 1.165) is 6.54 Å². The molecule has 0 saturated heterocycles. The lowest BCUT2D eigenvalue weighted by Gasteiger charge is -2.28. The summed E-state index contributed by atoms with van der Waals surface area (Å²) in [5, 5.41) is 0. The van der Waals surface area contributed by atoms with E-state index in [1.807, 2.05) is 0 Å². The lowest BCUT2D eigenvalue weighted by molar-refractivity contribution is 0.329. The number of hydrogen-bond donors (Lipinski definition) is 0. The number of likely N-dealkylation sites (N-methyl/N-ethyl adjacent to an activating group) is 1. The quantitative estimate of drug-likeness (QED) is 0.653. The van der Waals surface area contributed by atoms with Crippen LogP contribution in [0, 0.1) is 5.92 Å². The molecule has 0 fully saturated rings. The Kier molecular flexibility index (Phi) is 2.69. The van der Waals surface area contributed by atoms with Gasteiger partial charge in [-0.3, -0.25) is 0 Å². The maximum atomic E-state index is 2.36. The maximum absolute atomic E-state index is 2.36. The van der Waals surface area contributed by atoms with E-state index in [-0.39, 0.29) is 0 Å². The van der Waals surface area contributed by atoms with Gasteiger partial charge in [0.15, 0.2) is 0 Å². The van der Waals surface area contributed by atoms with Crippen molar-refractivity contribution in [1.29, 1.82) is 0 Å². The summed E-state index contributed by atoms with van der Waals surface area (Å²) >= 11 is 0. The maximum Gasteiger partial charge on any atom is 0.0166 e. The molecule has 1 atom stereocenters. The van der Waals surface area contributed by atoms with E-state index in [4.69, 9.17) is 0 Å². The standard InChI is InChI=1S/C13H17N/c1-11-10-14(2)9-8-13(11)12-6-4-3-5-7-12/h3-8,11H,9-10H2,1-2H3/t11-/m0/s1. The van der Waals surface area contributed by atoms with Crippen LogP contribution in [0.25, 0.3) is 5.57 Å². The highest BCUT2D eigenvalue weighted by atomic mass is 15.1. The number of nitrogens with zero attached hydrogens (tertiary/aromatic N) is 1. The van der Waals surface area contributed by atoms with Crippen LogP contribution in [-0.4, -0.2) is 25.0 Å². The summed E-state index contributed by atoms with van der Waals surface area (Å²) in [7, 11) is 2.18. The molecule has 1 aromatic rings. The fourth-order valence-electron chi connectivity index (χ4n) is 2.13. The average molecular weight is 187 g/mol. The molecule has 0 bridgehead atoms.